The Kier molecular flexibility index (Phi) is 5.42. The van der Waals surface area contributed by atoms with Crippen molar-refractivity contribution in [3.05, 3.63) is 0 Å². The van der Waals surface area contributed by atoms with Gasteiger partial charge in [0.1, 0.15) is 6.54 Å². The molecule has 1 aliphatic heterocycles. The Bertz CT molecular complexity index is 452. The summed E-state index contributed by atoms with van der Waals surface area (Å²) in [5, 5.41) is 3.12. The summed E-state index contributed by atoms with van der Waals surface area (Å²) in [5.41, 5.74) is 0. The number of amides is 4. The Morgan fingerprint density at radius 3 is 2.64 bits per heavy atom. The summed E-state index contributed by atoms with van der Waals surface area (Å²) >= 11 is 0. The number of rotatable bonds is 5. The van der Waals surface area contributed by atoms with Crippen molar-refractivity contribution in [2.24, 2.45) is 11.8 Å². The van der Waals surface area contributed by atoms with Crippen LogP contribution < -0.4 is 5.32 Å². The van der Waals surface area contributed by atoms with Gasteiger partial charge in [-0.15, -0.1) is 0 Å². The van der Waals surface area contributed by atoms with Crippen molar-refractivity contribution in [1.82, 2.24) is 15.1 Å². The molecule has 2 fully saturated rings. The molecular formula is C16H27N3O3. The molecule has 3 unspecified atom stereocenters. The van der Waals surface area contributed by atoms with E-state index in [1.165, 1.54) is 22.6 Å². The standard InChI is InChI=1S/C16H27N3O3/c1-11-6-4-7-13(12(11)2)17-14(20)8-5-9-19-15(21)10-18(3)16(19)22/h11-13H,4-10H2,1-3H3,(H,17,20). The summed E-state index contributed by atoms with van der Waals surface area (Å²) in [6.07, 6.45) is 4.33. The number of nitrogens with one attached hydrogen (secondary N) is 1. The monoisotopic (exact) mass is 309 g/mol. The molecule has 6 nitrogen and oxygen atoms in total. The first-order chi connectivity index (χ1) is 10.4. The molecule has 2 aliphatic rings. The number of hydrogen-bond donors (Lipinski definition) is 1. The van der Waals surface area contributed by atoms with Crippen LogP contribution in [0.25, 0.3) is 0 Å². The average Bonchev–Trinajstić information content (AvgIpc) is 2.70. The minimum Gasteiger partial charge on any atom is -0.353 e. The number of likely N-dealkylation sites (N-methyl/N-ethyl adjacent to an activating group) is 1. The molecule has 1 N–H and O–H groups in total. The van der Waals surface area contributed by atoms with E-state index in [-0.39, 0.29) is 30.4 Å². The zero-order valence-corrected chi connectivity index (χ0v) is 13.8. The van der Waals surface area contributed by atoms with E-state index in [2.05, 4.69) is 19.2 Å². The smallest absolute Gasteiger partial charge is 0.326 e. The number of imide groups is 1. The molecule has 0 spiro atoms. The van der Waals surface area contributed by atoms with Crippen molar-refractivity contribution < 1.29 is 14.4 Å². The minimum atomic E-state index is -0.264. The third kappa shape index (κ3) is 3.78. The summed E-state index contributed by atoms with van der Waals surface area (Å²) in [5.74, 6) is 1.00. The maximum atomic E-state index is 12.1. The van der Waals surface area contributed by atoms with Crippen LogP contribution in [0.2, 0.25) is 0 Å². The number of carbonyl (C=O) groups excluding carboxylic acids is 3. The first-order valence-corrected chi connectivity index (χ1v) is 8.25. The average molecular weight is 309 g/mol. The van der Waals surface area contributed by atoms with Crippen LogP contribution in [0.1, 0.15) is 46.0 Å². The molecule has 4 amide bonds. The molecule has 0 aromatic carbocycles. The second-order valence-electron chi connectivity index (χ2n) is 6.73. The molecule has 0 aromatic rings. The molecule has 124 valence electrons. The molecule has 0 bridgehead atoms. The van der Waals surface area contributed by atoms with Crippen molar-refractivity contribution in [3.8, 4) is 0 Å². The van der Waals surface area contributed by atoms with E-state index in [0.29, 0.717) is 31.2 Å². The van der Waals surface area contributed by atoms with Gasteiger partial charge in [0.2, 0.25) is 11.8 Å². The largest absolute Gasteiger partial charge is 0.353 e. The fourth-order valence-electron chi connectivity index (χ4n) is 3.35. The van der Waals surface area contributed by atoms with Gasteiger partial charge in [0.25, 0.3) is 0 Å². The third-order valence-electron chi connectivity index (χ3n) is 5.07. The maximum absolute atomic E-state index is 12.1. The fourth-order valence-corrected chi connectivity index (χ4v) is 3.35. The SMILES string of the molecule is CC1CCCC(NC(=O)CCCN2C(=O)CN(C)C2=O)C1C. The van der Waals surface area contributed by atoms with Crippen LogP contribution in [0, 0.1) is 11.8 Å². The highest BCUT2D eigenvalue weighted by atomic mass is 16.2. The zero-order chi connectivity index (χ0) is 16.3. The molecule has 1 saturated heterocycles. The second kappa shape index (κ2) is 7.11. The lowest BCUT2D eigenvalue weighted by molar-refractivity contribution is -0.126. The normalized spacial score (nSPS) is 29.1. The van der Waals surface area contributed by atoms with Gasteiger partial charge in [0.15, 0.2) is 0 Å². The van der Waals surface area contributed by atoms with E-state index in [1.807, 2.05) is 0 Å². The summed E-state index contributed by atoms with van der Waals surface area (Å²) in [7, 11) is 1.61. The zero-order valence-electron chi connectivity index (χ0n) is 13.8. The molecule has 1 saturated carbocycles. The molecular weight excluding hydrogens is 282 g/mol. The van der Waals surface area contributed by atoms with Crippen LogP contribution in [0.4, 0.5) is 4.79 Å². The quantitative estimate of drug-likeness (QED) is 0.784. The Morgan fingerprint density at radius 2 is 2.00 bits per heavy atom. The molecule has 22 heavy (non-hydrogen) atoms. The second-order valence-corrected chi connectivity index (χ2v) is 6.73. The van der Waals surface area contributed by atoms with Gasteiger partial charge in [0.05, 0.1) is 0 Å². The number of nitrogens with zero attached hydrogens (tertiary/aromatic N) is 2. The highest BCUT2D eigenvalue weighted by Crippen LogP contribution is 2.29. The minimum absolute atomic E-state index is 0.0263. The molecule has 6 heteroatoms. The molecule has 2 rings (SSSR count). The maximum Gasteiger partial charge on any atom is 0.326 e. The number of hydrogen-bond acceptors (Lipinski definition) is 3. The van der Waals surface area contributed by atoms with Gasteiger partial charge >= 0.3 is 6.03 Å². The molecule has 1 heterocycles. The highest BCUT2D eigenvalue weighted by molar-refractivity contribution is 6.01. The first-order valence-electron chi connectivity index (χ1n) is 8.25. The van der Waals surface area contributed by atoms with E-state index in [9.17, 15) is 14.4 Å². The molecule has 0 radical (unpaired) electrons. The molecule has 3 atom stereocenters. The fraction of sp³-hybridized carbons (Fsp3) is 0.812. The van der Waals surface area contributed by atoms with E-state index >= 15 is 0 Å². The summed E-state index contributed by atoms with van der Waals surface area (Å²) < 4.78 is 0. The van der Waals surface area contributed by atoms with Gasteiger partial charge in [-0.1, -0.05) is 26.7 Å². The topological polar surface area (TPSA) is 69.7 Å². The van der Waals surface area contributed by atoms with E-state index < -0.39 is 0 Å². The molecule has 0 aromatic heterocycles. The lowest BCUT2D eigenvalue weighted by atomic mass is 9.78. The van der Waals surface area contributed by atoms with Crippen molar-refractivity contribution in [3.63, 3.8) is 0 Å². The van der Waals surface area contributed by atoms with E-state index in [4.69, 9.17) is 0 Å². The van der Waals surface area contributed by atoms with E-state index in [0.717, 1.165) is 6.42 Å². The van der Waals surface area contributed by atoms with Gasteiger partial charge < -0.3 is 10.2 Å². The summed E-state index contributed by atoms with van der Waals surface area (Å²) in [6.45, 7) is 4.91. The van der Waals surface area contributed by atoms with E-state index in [1.54, 1.807) is 7.05 Å². The summed E-state index contributed by atoms with van der Waals surface area (Å²) in [6, 6.07) is -0.00225. The highest BCUT2D eigenvalue weighted by Gasteiger charge is 2.33. The predicted octanol–water partition coefficient (Wildman–Crippen LogP) is 1.60. The van der Waals surface area contributed by atoms with Crippen LogP contribution in [0.3, 0.4) is 0 Å². The lowest BCUT2D eigenvalue weighted by Gasteiger charge is -2.34. The van der Waals surface area contributed by atoms with Crippen LogP contribution in [-0.4, -0.2) is 53.8 Å². The van der Waals surface area contributed by atoms with Crippen LogP contribution in [0.15, 0.2) is 0 Å². The van der Waals surface area contributed by atoms with Crippen LogP contribution >= 0.6 is 0 Å². The van der Waals surface area contributed by atoms with Crippen molar-refractivity contribution in [2.45, 2.75) is 52.0 Å². The Hall–Kier alpha value is -1.59. The lowest BCUT2D eigenvalue weighted by Crippen LogP contribution is -2.43. The van der Waals surface area contributed by atoms with Gasteiger partial charge in [-0.3, -0.25) is 14.5 Å². The van der Waals surface area contributed by atoms with Gasteiger partial charge in [-0.25, -0.2) is 4.79 Å². The van der Waals surface area contributed by atoms with Crippen LogP contribution in [0.5, 0.6) is 0 Å². The van der Waals surface area contributed by atoms with Crippen molar-refractivity contribution >= 4 is 17.8 Å². The first kappa shape index (κ1) is 16.8. The van der Waals surface area contributed by atoms with Gasteiger partial charge in [-0.2, -0.15) is 0 Å². The van der Waals surface area contributed by atoms with Gasteiger partial charge in [0, 0.05) is 26.1 Å². The number of urea groups is 1. The Balaban J connectivity index is 1.72. The predicted molar refractivity (Wildman–Crippen MR) is 83.1 cm³/mol. The summed E-state index contributed by atoms with van der Waals surface area (Å²) in [4.78, 5) is 38.0. The van der Waals surface area contributed by atoms with Crippen molar-refractivity contribution in [1.29, 1.82) is 0 Å². The van der Waals surface area contributed by atoms with Crippen molar-refractivity contribution in [2.75, 3.05) is 20.1 Å². The Morgan fingerprint density at radius 1 is 1.27 bits per heavy atom. The van der Waals surface area contributed by atoms with Gasteiger partial charge in [-0.05, 0) is 24.7 Å². The van der Waals surface area contributed by atoms with Crippen LogP contribution in [-0.2, 0) is 9.59 Å². The Labute approximate surface area is 132 Å². The molecule has 1 aliphatic carbocycles. The third-order valence-corrected chi connectivity index (χ3v) is 5.07. The number of carbonyl (C=O) groups is 3.